The summed E-state index contributed by atoms with van der Waals surface area (Å²) in [5.41, 5.74) is 3.66. The fourth-order valence-corrected chi connectivity index (χ4v) is 5.91. The zero-order chi connectivity index (χ0) is 23.2. The molecule has 172 valence electrons. The zero-order valence-corrected chi connectivity index (χ0v) is 19.6. The fraction of sp³-hybridized carbons (Fsp3) is 0.320. The van der Waals surface area contributed by atoms with E-state index in [1.165, 1.54) is 5.69 Å². The van der Waals surface area contributed by atoms with Crippen molar-refractivity contribution in [3.05, 3.63) is 60.4 Å². The summed E-state index contributed by atoms with van der Waals surface area (Å²) in [6.45, 7) is 4.09. The van der Waals surface area contributed by atoms with E-state index in [4.69, 9.17) is 14.9 Å². The van der Waals surface area contributed by atoms with E-state index in [0.29, 0.717) is 11.4 Å². The molecule has 2 aromatic heterocycles. The van der Waals surface area contributed by atoms with Crippen LogP contribution in [-0.4, -0.2) is 38.6 Å². The van der Waals surface area contributed by atoms with Crippen molar-refractivity contribution >= 4 is 37.5 Å². The molecule has 2 unspecified atom stereocenters. The maximum atomic E-state index is 12.1. The molecule has 2 atom stereocenters. The summed E-state index contributed by atoms with van der Waals surface area (Å²) >= 11 is 0. The quantitative estimate of drug-likeness (QED) is 0.456. The Labute approximate surface area is 193 Å². The number of pyridine rings is 1. The first-order valence-electron chi connectivity index (χ1n) is 11.2. The minimum Gasteiger partial charge on any atom is -0.497 e. The van der Waals surface area contributed by atoms with Crippen LogP contribution in [0.3, 0.4) is 0 Å². The third kappa shape index (κ3) is 3.83. The Kier molecular flexibility index (Phi) is 5.50. The number of nitrogens with one attached hydrogen (secondary N) is 1. The van der Waals surface area contributed by atoms with Crippen molar-refractivity contribution in [2.75, 3.05) is 25.1 Å². The van der Waals surface area contributed by atoms with Gasteiger partial charge in [0.25, 0.3) is 0 Å². The minimum absolute atomic E-state index is 0.114. The number of sulfonamides is 1. The van der Waals surface area contributed by atoms with Crippen LogP contribution >= 0.6 is 0 Å². The van der Waals surface area contributed by atoms with Crippen LogP contribution in [0.5, 0.6) is 5.75 Å². The van der Waals surface area contributed by atoms with E-state index in [-0.39, 0.29) is 10.8 Å². The van der Waals surface area contributed by atoms with E-state index < -0.39 is 10.0 Å². The van der Waals surface area contributed by atoms with Crippen LogP contribution < -0.4 is 14.8 Å². The predicted octanol–water partition coefficient (Wildman–Crippen LogP) is 4.39. The number of para-hydroxylation sites is 1. The fourth-order valence-electron chi connectivity index (χ4n) is 5.19. The van der Waals surface area contributed by atoms with Gasteiger partial charge in [0.2, 0.25) is 10.0 Å². The molecule has 1 saturated heterocycles. The number of fused-ring (bicyclic) bond motifs is 3. The SMILES string of the molecule is CCC1CN(c2ccc(OC)cc2)CCC1c1nccc2c1[nH]c1c(S(N)(=O)=O)cccc12. The van der Waals surface area contributed by atoms with Gasteiger partial charge in [-0.05, 0) is 48.7 Å². The van der Waals surface area contributed by atoms with Crippen LogP contribution in [0, 0.1) is 5.92 Å². The number of nitrogens with two attached hydrogens (primary N) is 1. The predicted molar refractivity (Wildman–Crippen MR) is 131 cm³/mol. The van der Waals surface area contributed by atoms with Gasteiger partial charge >= 0.3 is 0 Å². The van der Waals surface area contributed by atoms with Crippen molar-refractivity contribution in [1.82, 2.24) is 9.97 Å². The van der Waals surface area contributed by atoms with Gasteiger partial charge in [0.1, 0.15) is 10.6 Å². The summed E-state index contributed by atoms with van der Waals surface area (Å²) in [5, 5.41) is 7.31. The Morgan fingerprint density at radius 3 is 2.58 bits per heavy atom. The number of benzene rings is 2. The van der Waals surface area contributed by atoms with Gasteiger partial charge in [-0.2, -0.15) is 0 Å². The molecule has 3 heterocycles. The summed E-state index contributed by atoms with van der Waals surface area (Å²) in [7, 11) is -2.16. The summed E-state index contributed by atoms with van der Waals surface area (Å²) in [5.74, 6) is 1.55. The van der Waals surface area contributed by atoms with Crippen LogP contribution in [0.2, 0.25) is 0 Å². The highest BCUT2D eigenvalue weighted by Gasteiger charge is 2.32. The molecule has 1 fully saturated rings. The van der Waals surface area contributed by atoms with Crippen LogP contribution in [0.25, 0.3) is 21.8 Å². The van der Waals surface area contributed by atoms with Crippen molar-refractivity contribution in [2.45, 2.75) is 30.6 Å². The number of piperidine rings is 1. The summed E-state index contributed by atoms with van der Waals surface area (Å²) < 4.78 is 29.6. The van der Waals surface area contributed by atoms with E-state index in [9.17, 15) is 8.42 Å². The Hall–Kier alpha value is -3.10. The normalized spacial score (nSPS) is 19.3. The van der Waals surface area contributed by atoms with E-state index in [1.54, 1.807) is 19.2 Å². The molecule has 33 heavy (non-hydrogen) atoms. The molecule has 0 amide bonds. The topological polar surface area (TPSA) is 101 Å². The average Bonchev–Trinajstić information content (AvgIpc) is 3.22. The summed E-state index contributed by atoms with van der Waals surface area (Å²) in [4.78, 5) is 10.7. The molecular formula is C25H28N4O3S. The molecule has 2 aromatic carbocycles. The number of primary sulfonamides is 1. The second kappa shape index (κ2) is 8.35. The van der Waals surface area contributed by atoms with Crippen molar-refractivity contribution < 1.29 is 13.2 Å². The van der Waals surface area contributed by atoms with E-state index in [0.717, 1.165) is 53.7 Å². The van der Waals surface area contributed by atoms with Gasteiger partial charge in [-0.25, -0.2) is 13.6 Å². The molecule has 0 aliphatic carbocycles. The lowest BCUT2D eigenvalue weighted by molar-refractivity contribution is 0.344. The number of nitrogens with zero attached hydrogens (tertiary/aromatic N) is 2. The first-order chi connectivity index (χ1) is 15.9. The highest BCUT2D eigenvalue weighted by Crippen LogP contribution is 2.40. The smallest absolute Gasteiger partial charge is 0.240 e. The van der Waals surface area contributed by atoms with Crippen LogP contribution in [0.4, 0.5) is 5.69 Å². The van der Waals surface area contributed by atoms with Crippen LogP contribution in [0.1, 0.15) is 31.4 Å². The largest absolute Gasteiger partial charge is 0.497 e. The number of anilines is 1. The molecule has 8 heteroatoms. The lowest BCUT2D eigenvalue weighted by atomic mass is 9.80. The molecule has 4 aromatic rings. The summed E-state index contributed by atoms with van der Waals surface area (Å²) in [6.07, 6.45) is 3.82. The highest BCUT2D eigenvalue weighted by molar-refractivity contribution is 7.89. The Morgan fingerprint density at radius 2 is 1.88 bits per heavy atom. The van der Waals surface area contributed by atoms with E-state index in [1.807, 2.05) is 30.5 Å². The molecule has 3 N–H and O–H groups in total. The summed E-state index contributed by atoms with van der Waals surface area (Å²) in [6, 6.07) is 15.4. The molecule has 0 spiro atoms. The monoisotopic (exact) mass is 464 g/mol. The lowest BCUT2D eigenvalue weighted by Crippen LogP contribution is -2.39. The molecule has 0 saturated carbocycles. The average molecular weight is 465 g/mol. The number of aromatic amines is 1. The Morgan fingerprint density at radius 1 is 1.12 bits per heavy atom. The van der Waals surface area contributed by atoms with Crippen LogP contribution in [0.15, 0.2) is 59.6 Å². The molecular weight excluding hydrogens is 436 g/mol. The first-order valence-corrected chi connectivity index (χ1v) is 12.8. The van der Waals surface area contributed by atoms with Gasteiger partial charge < -0.3 is 14.6 Å². The third-order valence-corrected chi connectivity index (χ3v) is 7.85. The molecule has 5 rings (SSSR count). The number of aromatic nitrogens is 2. The second-order valence-electron chi connectivity index (χ2n) is 8.68. The Bertz CT molecular complexity index is 1410. The third-order valence-electron chi connectivity index (χ3n) is 6.90. The highest BCUT2D eigenvalue weighted by atomic mass is 32.2. The van der Waals surface area contributed by atoms with E-state index >= 15 is 0 Å². The van der Waals surface area contributed by atoms with Gasteiger partial charge in [-0.3, -0.25) is 4.98 Å². The standard InChI is InChI=1S/C25H28N4O3S/c1-3-16-15-29(17-7-9-18(32-2)10-8-17)14-12-19(16)24-25-21(11-13-27-24)20-5-4-6-22(23(20)28-25)33(26,30)31/h4-11,13,16,19,28H,3,12,14-15H2,1-2H3,(H2,26,30,31). The van der Waals surface area contributed by atoms with E-state index in [2.05, 4.69) is 28.9 Å². The van der Waals surface area contributed by atoms with Gasteiger partial charge in [0.05, 0.1) is 23.8 Å². The molecule has 0 bridgehead atoms. The Balaban J connectivity index is 1.53. The maximum absolute atomic E-state index is 12.1. The van der Waals surface area contributed by atoms with Gasteiger partial charge in [-0.1, -0.05) is 25.5 Å². The van der Waals surface area contributed by atoms with Crippen LogP contribution in [-0.2, 0) is 10.0 Å². The minimum atomic E-state index is -3.84. The zero-order valence-electron chi connectivity index (χ0n) is 18.8. The molecule has 0 radical (unpaired) electrons. The van der Waals surface area contributed by atoms with Crippen molar-refractivity contribution in [3.63, 3.8) is 0 Å². The lowest BCUT2D eigenvalue weighted by Gasteiger charge is -2.39. The van der Waals surface area contributed by atoms with Gasteiger partial charge in [-0.15, -0.1) is 0 Å². The molecule has 1 aliphatic rings. The van der Waals surface area contributed by atoms with Gasteiger partial charge in [0.15, 0.2) is 0 Å². The second-order valence-corrected chi connectivity index (χ2v) is 10.2. The first kappa shape index (κ1) is 21.7. The number of ether oxygens (including phenoxy) is 1. The number of methoxy groups -OCH3 is 1. The van der Waals surface area contributed by atoms with Crippen molar-refractivity contribution in [2.24, 2.45) is 11.1 Å². The number of rotatable bonds is 5. The maximum Gasteiger partial charge on any atom is 0.240 e. The number of hydrogen-bond donors (Lipinski definition) is 2. The van der Waals surface area contributed by atoms with Gasteiger partial charge in [0, 0.05) is 41.7 Å². The molecule has 7 nitrogen and oxygen atoms in total. The molecule has 1 aliphatic heterocycles. The number of H-pyrrole nitrogens is 1. The number of hydrogen-bond acceptors (Lipinski definition) is 5. The van der Waals surface area contributed by atoms with Crippen molar-refractivity contribution in [3.8, 4) is 5.75 Å². The van der Waals surface area contributed by atoms with Crippen molar-refractivity contribution in [1.29, 1.82) is 0 Å².